The molecule has 0 saturated heterocycles. The molecule has 3 aromatic rings. The average molecular weight is 408 g/mol. The summed E-state index contributed by atoms with van der Waals surface area (Å²) in [6, 6.07) is 11.0. The minimum Gasteiger partial charge on any atom is -0.322 e. The number of tetrazole rings is 1. The van der Waals surface area contributed by atoms with E-state index >= 15 is 0 Å². The van der Waals surface area contributed by atoms with Crippen molar-refractivity contribution < 1.29 is 9.18 Å². The van der Waals surface area contributed by atoms with Gasteiger partial charge in [0.15, 0.2) is 0 Å². The van der Waals surface area contributed by atoms with Crippen molar-refractivity contribution in [1.82, 2.24) is 20.2 Å². The molecular formula is C15H11BrFN5OS. The van der Waals surface area contributed by atoms with Crippen LogP contribution in [0.3, 0.4) is 0 Å². The monoisotopic (exact) mass is 407 g/mol. The Kier molecular flexibility index (Phi) is 4.91. The van der Waals surface area contributed by atoms with Gasteiger partial charge in [-0.1, -0.05) is 17.8 Å². The Labute approximate surface area is 149 Å². The fraction of sp³-hybridized carbons (Fsp3) is 0.0667. The number of rotatable bonds is 4. The number of hydrogen-bond donors (Lipinski definition) is 1. The van der Waals surface area contributed by atoms with Crippen LogP contribution >= 0.6 is 27.7 Å². The van der Waals surface area contributed by atoms with Crippen molar-refractivity contribution in [3.05, 3.63) is 58.3 Å². The molecule has 0 aliphatic heterocycles. The number of anilines is 1. The predicted molar refractivity (Wildman–Crippen MR) is 93.0 cm³/mol. The van der Waals surface area contributed by atoms with Crippen LogP contribution in [0.5, 0.6) is 0 Å². The van der Waals surface area contributed by atoms with Crippen LogP contribution in [0.15, 0.2) is 52.1 Å². The van der Waals surface area contributed by atoms with Gasteiger partial charge in [0.05, 0.1) is 11.3 Å². The lowest BCUT2D eigenvalue weighted by molar-refractivity contribution is 0.102. The van der Waals surface area contributed by atoms with Crippen LogP contribution in [0.4, 0.5) is 10.1 Å². The van der Waals surface area contributed by atoms with E-state index in [1.165, 1.54) is 30.0 Å². The molecule has 2 aromatic carbocycles. The third-order valence-electron chi connectivity index (χ3n) is 3.15. The topological polar surface area (TPSA) is 72.7 Å². The van der Waals surface area contributed by atoms with Crippen molar-refractivity contribution in [1.29, 1.82) is 0 Å². The lowest BCUT2D eigenvalue weighted by Crippen LogP contribution is -2.13. The first kappa shape index (κ1) is 16.6. The van der Waals surface area contributed by atoms with Gasteiger partial charge in [0.2, 0.25) is 5.16 Å². The average Bonchev–Trinajstić information content (AvgIpc) is 3.03. The molecule has 0 aliphatic rings. The van der Waals surface area contributed by atoms with Crippen LogP contribution in [-0.2, 0) is 0 Å². The lowest BCUT2D eigenvalue weighted by Gasteiger charge is -2.09. The highest BCUT2D eigenvalue weighted by Gasteiger charge is 2.12. The minimum absolute atomic E-state index is 0.342. The van der Waals surface area contributed by atoms with Gasteiger partial charge in [-0.15, -0.1) is 5.10 Å². The molecule has 122 valence electrons. The maximum atomic E-state index is 13.1. The third-order valence-corrected chi connectivity index (χ3v) is 4.42. The second-order valence-corrected chi connectivity index (χ2v) is 6.33. The smallest absolute Gasteiger partial charge is 0.256 e. The van der Waals surface area contributed by atoms with Gasteiger partial charge >= 0.3 is 0 Å². The van der Waals surface area contributed by atoms with E-state index in [1.54, 1.807) is 22.9 Å². The molecule has 0 aliphatic carbocycles. The summed E-state index contributed by atoms with van der Waals surface area (Å²) < 4.78 is 15.1. The van der Waals surface area contributed by atoms with E-state index in [-0.39, 0.29) is 5.91 Å². The highest BCUT2D eigenvalue weighted by molar-refractivity contribution is 9.10. The first-order chi connectivity index (χ1) is 11.6. The minimum atomic E-state index is -0.413. The van der Waals surface area contributed by atoms with Gasteiger partial charge in [-0.3, -0.25) is 4.79 Å². The number of amides is 1. The van der Waals surface area contributed by atoms with Gasteiger partial charge in [-0.05, 0) is 69.0 Å². The molecular weight excluding hydrogens is 397 g/mol. The molecule has 24 heavy (non-hydrogen) atoms. The summed E-state index contributed by atoms with van der Waals surface area (Å²) >= 11 is 4.61. The fourth-order valence-corrected chi connectivity index (χ4v) is 3.02. The predicted octanol–water partition coefficient (Wildman–Crippen LogP) is 3.54. The van der Waals surface area contributed by atoms with Crippen molar-refractivity contribution in [2.45, 2.75) is 5.16 Å². The highest BCUT2D eigenvalue weighted by atomic mass is 79.9. The van der Waals surface area contributed by atoms with Gasteiger partial charge in [0.1, 0.15) is 5.82 Å². The van der Waals surface area contributed by atoms with Crippen molar-refractivity contribution in [2.75, 3.05) is 11.6 Å². The number of hydrogen-bond acceptors (Lipinski definition) is 5. The zero-order valence-corrected chi connectivity index (χ0v) is 14.8. The summed E-state index contributed by atoms with van der Waals surface area (Å²) in [6.07, 6.45) is 1.87. The number of carbonyl (C=O) groups excluding carboxylic acids is 1. The number of nitrogens with zero attached hydrogens (tertiary/aromatic N) is 4. The number of nitrogens with one attached hydrogen (secondary N) is 1. The van der Waals surface area contributed by atoms with E-state index in [4.69, 9.17) is 0 Å². The van der Waals surface area contributed by atoms with Gasteiger partial charge in [-0.2, -0.15) is 4.68 Å². The molecule has 0 bridgehead atoms. The zero-order chi connectivity index (χ0) is 17.1. The summed E-state index contributed by atoms with van der Waals surface area (Å²) in [5.74, 6) is -0.760. The first-order valence-electron chi connectivity index (χ1n) is 6.77. The van der Waals surface area contributed by atoms with Crippen LogP contribution in [-0.4, -0.2) is 32.4 Å². The van der Waals surface area contributed by atoms with Crippen LogP contribution in [0, 0.1) is 5.82 Å². The fourth-order valence-electron chi connectivity index (χ4n) is 2.06. The summed E-state index contributed by atoms with van der Waals surface area (Å²) in [4.78, 5) is 12.4. The van der Waals surface area contributed by atoms with Crippen molar-refractivity contribution >= 4 is 39.3 Å². The van der Waals surface area contributed by atoms with Gasteiger partial charge < -0.3 is 5.32 Å². The Balaban J connectivity index is 1.86. The molecule has 0 radical (unpaired) electrons. The number of aromatic nitrogens is 4. The SMILES string of the molecule is CSc1nnnn1-c1cccc(NC(=O)c2ccc(F)cc2Br)c1. The van der Waals surface area contributed by atoms with Crippen molar-refractivity contribution in [2.24, 2.45) is 0 Å². The number of benzene rings is 2. The Morgan fingerprint density at radius 3 is 2.88 bits per heavy atom. The van der Waals surface area contributed by atoms with Gasteiger partial charge in [-0.25, -0.2) is 4.39 Å². The number of halogens is 2. The summed E-state index contributed by atoms with van der Waals surface area (Å²) in [5, 5.41) is 14.9. The Morgan fingerprint density at radius 2 is 2.12 bits per heavy atom. The zero-order valence-electron chi connectivity index (χ0n) is 12.4. The second-order valence-electron chi connectivity index (χ2n) is 4.71. The normalized spacial score (nSPS) is 10.6. The first-order valence-corrected chi connectivity index (χ1v) is 8.79. The van der Waals surface area contributed by atoms with Crippen LogP contribution < -0.4 is 5.32 Å². The van der Waals surface area contributed by atoms with Gasteiger partial charge in [0.25, 0.3) is 5.91 Å². The van der Waals surface area contributed by atoms with Crippen LogP contribution in [0.25, 0.3) is 5.69 Å². The highest BCUT2D eigenvalue weighted by Crippen LogP contribution is 2.22. The summed E-state index contributed by atoms with van der Waals surface area (Å²) in [7, 11) is 0. The Morgan fingerprint density at radius 1 is 1.29 bits per heavy atom. The van der Waals surface area contributed by atoms with E-state index in [0.29, 0.717) is 20.9 Å². The van der Waals surface area contributed by atoms with E-state index in [2.05, 4.69) is 36.8 Å². The molecule has 1 N–H and O–H groups in total. The molecule has 1 heterocycles. The lowest BCUT2D eigenvalue weighted by atomic mass is 10.2. The van der Waals surface area contributed by atoms with E-state index in [9.17, 15) is 9.18 Å². The molecule has 0 unspecified atom stereocenters. The molecule has 1 amide bonds. The molecule has 0 atom stereocenters. The summed E-state index contributed by atoms with van der Waals surface area (Å²) in [6.45, 7) is 0. The molecule has 9 heteroatoms. The van der Waals surface area contributed by atoms with Gasteiger partial charge in [0, 0.05) is 10.2 Å². The van der Waals surface area contributed by atoms with E-state index in [1.807, 2.05) is 12.3 Å². The third kappa shape index (κ3) is 3.46. The van der Waals surface area contributed by atoms with Crippen LogP contribution in [0.2, 0.25) is 0 Å². The van der Waals surface area contributed by atoms with E-state index < -0.39 is 5.82 Å². The Bertz CT molecular complexity index is 901. The van der Waals surface area contributed by atoms with Crippen LogP contribution in [0.1, 0.15) is 10.4 Å². The standard InChI is InChI=1S/C15H11BrFN5OS/c1-24-15-19-20-21-22(15)11-4-2-3-10(8-11)18-14(23)12-6-5-9(17)7-13(12)16/h2-8H,1H3,(H,18,23). The second kappa shape index (κ2) is 7.10. The molecule has 0 fully saturated rings. The quantitative estimate of drug-likeness (QED) is 0.669. The molecule has 3 rings (SSSR count). The molecule has 0 saturated carbocycles. The number of thioether (sulfide) groups is 1. The molecule has 6 nitrogen and oxygen atoms in total. The number of carbonyl (C=O) groups is 1. The molecule has 1 aromatic heterocycles. The maximum Gasteiger partial charge on any atom is 0.256 e. The largest absolute Gasteiger partial charge is 0.322 e. The van der Waals surface area contributed by atoms with E-state index in [0.717, 1.165) is 5.69 Å². The Hall–Kier alpha value is -2.26. The van der Waals surface area contributed by atoms with Crippen molar-refractivity contribution in [3.8, 4) is 5.69 Å². The van der Waals surface area contributed by atoms with Crippen molar-refractivity contribution in [3.63, 3.8) is 0 Å². The summed E-state index contributed by atoms with van der Waals surface area (Å²) in [5.41, 5.74) is 1.64. The maximum absolute atomic E-state index is 13.1. The molecule has 0 spiro atoms.